The van der Waals surface area contributed by atoms with Crippen molar-refractivity contribution in [2.45, 2.75) is 26.2 Å². The van der Waals surface area contributed by atoms with E-state index in [0.717, 1.165) is 23.7 Å². The summed E-state index contributed by atoms with van der Waals surface area (Å²) in [5, 5.41) is 14.0. The van der Waals surface area contributed by atoms with Crippen molar-refractivity contribution in [3.05, 3.63) is 33.9 Å². The van der Waals surface area contributed by atoms with Gasteiger partial charge in [0.1, 0.15) is 0 Å². The Morgan fingerprint density at radius 2 is 2.25 bits per heavy atom. The summed E-state index contributed by atoms with van der Waals surface area (Å²) in [4.78, 5) is 10.3. The number of nitro groups is 1. The van der Waals surface area contributed by atoms with Gasteiger partial charge in [0.2, 0.25) is 0 Å². The second kappa shape index (κ2) is 4.51. The summed E-state index contributed by atoms with van der Waals surface area (Å²) in [6, 6.07) is 4.96. The highest BCUT2D eigenvalue weighted by atomic mass is 16.6. The van der Waals surface area contributed by atoms with Gasteiger partial charge in [0.05, 0.1) is 4.92 Å². The van der Waals surface area contributed by atoms with E-state index in [1.807, 2.05) is 6.92 Å². The molecule has 2 rings (SSSR count). The average Bonchev–Trinajstić information content (AvgIpc) is 2.18. The van der Waals surface area contributed by atoms with Gasteiger partial charge in [0.15, 0.2) is 0 Å². The van der Waals surface area contributed by atoms with Crippen molar-refractivity contribution in [1.82, 2.24) is 0 Å². The molecule has 1 aromatic carbocycles. The lowest BCUT2D eigenvalue weighted by molar-refractivity contribution is -0.384. The summed E-state index contributed by atoms with van der Waals surface area (Å²) in [6.45, 7) is 2.90. The predicted molar refractivity (Wildman–Crippen MR) is 63.7 cm³/mol. The van der Waals surface area contributed by atoms with E-state index in [2.05, 4.69) is 5.32 Å². The molecule has 4 heteroatoms. The Kier molecular flexibility index (Phi) is 3.08. The summed E-state index contributed by atoms with van der Waals surface area (Å²) in [7, 11) is 0. The fraction of sp³-hybridized carbons (Fsp3) is 0.500. The molecule has 86 valence electrons. The molecule has 0 heterocycles. The van der Waals surface area contributed by atoms with Gasteiger partial charge in [-0.3, -0.25) is 10.1 Å². The summed E-state index contributed by atoms with van der Waals surface area (Å²) in [6.07, 6.45) is 3.88. The van der Waals surface area contributed by atoms with Crippen molar-refractivity contribution < 1.29 is 4.92 Å². The van der Waals surface area contributed by atoms with Crippen molar-refractivity contribution in [1.29, 1.82) is 0 Å². The van der Waals surface area contributed by atoms with Crippen molar-refractivity contribution in [2.24, 2.45) is 5.92 Å². The van der Waals surface area contributed by atoms with Crippen LogP contribution in [0.1, 0.15) is 24.8 Å². The van der Waals surface area contributed by atoms with Gasteiger partial charge in [-0.05, 0) is 31.2 Å². The van der Waals surface area contributed by atoms with Gasteiger partial charge >= 0.3 is 0 Å². The van der Waals surface area contributed by atoms with Crippen LogP contribution in [-0.2, 0) is 0 Å². The van der Waals surface area contributed by atoms with Crippen LogP contribution in [0.5, 0.6) is 0 Å². The molecule has 1 fully saturated rings. The number of anilines is 1. The molecule has 16 heavy (non-hydrogen) atoms. The standard InChI is InChI=1S/C12H16N2O2/c1-9-5-6-11(14(15)16)7-12(9)13-8-10-3-2-4-10/h5-7,10,13H,2-4,8H2,1H3. The van der Waals surface area contributed by atoms with Gasteiger partial charge in [0, 0.05) is 24.4 Å². The lowest BCUT2D eigenvalue weighted by Gasteiger charge is -2.26. The molecule has 1 N–H and O–H groups in total. The first kappa shape index (κ1) is 10.9. The van der Waals surface area contributed by atoms with Crippen LogP contribution < -0.4 is 5.32 Å². The van der Waals surface area contributed by atoms with Crippen molar-refractivity contribution >= 4 is 11.4 Å². The quantitative estimate of drug-likeness (QED) is 0.626. The Morgan fingerprint density at radius 3 is 2.81 bits per heavy atom. The van der Waals surface area contributed by atoms with E-state index in [-0.39, 0.29) is 10.6 Å². The minimum Gasteiger partial charge on any atom is -0.384 e. The van der Waals surface area contributed by atoms with Gasteiger partial charge in [-0.25, -0.2) is 0 Å². The van der Waals surface area contributed by atoms with Crippen LogP contribution in [0.3, 0.4) is 0 Å². The maximum Gasteiger partial charge on any atom is 0.271 e. The van der Waals surface area contributed by atoms with Gasteiger partial charge in [0.25, 0.3) is 5.69 Å². The van der Waals surface area contributed by atoms with Crippen molar-refractivity contribution in [3.8, 4) is 0 Å². The van der Waals surface area contributed by atoms with E-state index >= 15 is 0 Å². The van der Waals surface area contributed by atoms with E-state index in [0.29, 0.717) is 0 Å². The van der Waals surface area contributed by atoms with Crippen molar-refractivity contribution in [2.75, 3.05) is 11.9 Å². The highest BCUT2D eigenvalue weighted by molar-refractivity contribution is 5.56. The Bertz CT molecular complexity index is 400. The molecule has 0 aromatic heterocycles. The third-order valence-electron chi connectivity index (χ3n) is 3.24. The fourth-order valence-corrected chi connectivity index (χ4v) is 1.87. The number of hydrogen-bond donors (Lipinski definition) is 1. The number of nitro benzene ring substituents is 1. The molecule has 0 saturated heterocycles. The summed E-state index contributed by atoms with van der Waals surface area (Å²) in [5.74, 6) is 0.749. The maximum atomic E-state index is 10.6. The van der Waals surface area contributed by atoms with Crippen LogP contribution in [0.25, 0.3) is 0 Å². The number of benzene rings is 1. The van der Waals surface area contributed by atoms with Crippen LogP contribution >= 0.6 is 0 Å². The zero-order valence-electron chi connectivity index (χ0n) is 9.40. The van der Waals surface area contributed by atoms with E-state index in [1.54, 1.807) is 18.2 Å². The van der Waals surface area contributed by atoms with Crippen LogP contribution in [-0.4, -0.2) is 11.5 Å². The lowest BCUT2D eigenvalue weighted by Crippen LogP contribution is -2.21. The van der Waals surface area contributed by atoms with E-state index < -0.39 is 0 Å². The van der Waals surface area contributed by atoms with E-state index in [4.69, 9.17) is 0 Å². The molecule has 0 bridgehead atoms. The van der Waals surface area contributed by atoms with Gasteiger partial charge in [-0.2, -0.15) is 0 Å². The summed E-state index contributed by atoms with van der Waals surface area (Å²) < 4.78 is 0. The Morgan fingerprint density at radius 1 is 1.50 bits per heavy atom. The van der Waals surface area contributed by atoms with Crippen LogP contribution in [0, 0.1) is 23.0 Å². The molecule has 0 spiro atoms. The number of hydrogen-bond acceptors (Lipinski definition) is 3. The molecule has 0 radical (unpaired) electrons. The van der Waals surface area contributed by atoms with E-state index in [9.17, 15) is 10.1 Å². The molecular weight excluding hydrogens is 204 g/mol. The molecule has 4 nitrogen and oxygen atoms in total. The van der Waals surface area contributed by atoms with Gasteiger partial charge in [-0.1, -0.05) is 12.5 Å². The molecule has 1 saturated carbocycles. The Labute approximate surface area is 94.8 Å². The summed E-state index contributed by atoms with van der Waals surface area (Å²) >= 11 is 0. The highest BCUT2D eigenvalue weighted by Gasteiger charge is 2.17. The monoisotopic (exact) mass is 220 g/mol. The largest absolute Gasteiger partial charge is 0.384 e. The average molecular weight is 220 g/mol. The number of nitrogens with one attached hydrogen (secondary N) is 1. The van der Waals surface area contributed by atoms with E-state index in [1.165, 1.54) is 19.3 Å². The molecule has 0 unspecified atom stereocenters. The molecule has 0 amide bonds. The first-order valence-corrected chi connectivity index (χ1v) is 5.66. The number of nitrogens with zero attached hydrogens (tertiary/aromatic N) is 1. The normalized spacial score (nSPS) is 15.6. The third kappa shape index (κ3) is 2.32. The van der Waals surface area contributed by atoms with Gasteiger partial charge < -0.3 is 5.32 Å². The van der Waals surface area contributed by atoms with Crippen LogP contribution in [0.4, 0.5) is 11.4 Å². The topological polar surface area (TPSA) is 55.2 Å². The maximum absolute atomic E-state index is 10.6. The predicted octanol–water partition coefficient (Wildman–Crippen LogP) is 3.12. The van der Waals surface area contributed by atoms with Crippen molar-refractivity contribution in [3.63, 3.8) is 0 Å². The number of non-ortho nitro benzene ring substituents is 1. The Balaban J connectivity index is 2.05. The SMILES string of the molecule is Cc1ccc([N+](=O)[O-])cc1NCC1CCC1. The summed E-state index contributed by atoms with van der Waals surface area (Å²) in [5.41, 5.74) is 2.10. The second-order valence-corrected chi connectivity index (χ2v) is 4.43. The highest BCUT2D eigenvalue weighted by Crippen LogP contribution is 2.28. The minimum atomic E-state index is -0.353. The third-order valence-corrected chi connectivity index (χ3v) is 3.24. The van der Waals surface area contributed by atoms with Crippen LogP contribution in [0.15, 0.2) is 18.2 Å². The van der Waals surface area contributed by atoms with Gasteiger partial charge in [-0.15, -0.1) is 0 Å². The molecular formula is C12H16N2O2. The smallest absolute Gasteiger partial charge is 0.271 e. The molecule has 1 aliphatic carbocycles. The lowest BCUT2D eigenvalue weighted by atomic mass is 9.85. The fourth-order valence-electron chi connectivity index (χ4n) is 1.87. The molecule has 1 aromatic rings. The molecule has 1 aliphatic rings. The zero-order chi connectivity index (χ0) is 11.5. The second-order valence-electron chi connectivity index (χ2n) is 4.43. The number of rotatable bonds is 4. The minimum absolute atomic E-state index is 0.154. The molecule has 0 aliphatic heterocycles. The first-order chi connectivity index (χ1) is 7.66. The Hall–Kier alpha value is -1.58. The zero-order valence-corrected chi connectivity index (χ0v) is 9.40. The first-order valence-electron chi connectivity index (χ1n) is 5.66. The molecule has 0 atom stereocenters. The number of aryl methyl sites for hydroxylation is 1. The van der Waals surface area contributed by atoms with Crippen LogP contribution in [0.2, 0.25) is 0 Å².